The van der Waals surface area contributed by atoms with Crippen LogP contribution in [0, 0.1) is 0 Å². The standard InChI is InChI=1S/C17H11F3N4O4/c1-9(16(25)26)8-14-21-15(24-28-14)10-2-4-11(5-3-10)27-13-7-6-12(22-23-13)17(18,19)20/h2-7H,1,8H2,(H,25,26). The fourth-order valence-corrected chi connectivity index (χ4v) is 2.02. The lowest BCUT2D eigenvalue weighted by atomic mass is 10.2. The summed E-state index contributed by atoms with van der Waals surface area (Å²) < 4.78 is 47.7. The van der Waals surface area contributed by atoms with Crippen molar-refractivity contribution in [3.8, 4) is 23.0 Å². The van der Waals surface area contributed by atoms with Crippen LogP contribution in [0.1, 0.15) is 11.6 Å². The fraction of sp³-hybridized carbons (Fsp3) is 0.118. The molecule has 0 atom stereocenters. The van der Waals surface area contributed by atoms with Crippen LogP contribution < -0.4 is 4.74 Å². The molecule has 1 N–H and O–H groups in total. The summed E-state index contributed by atoms with van der Waals surface area (Å²) in [7, 11) is 0. The van der Waals surface area contributed by atoms with Gasteiger partial charge in [0.2, 0.25) is 17.6 Å². The smallest absolute Gasteiger partial charge is 0.435 e. The zero-order valence-corrected chi connectivity index (χ0v) is 14.0. The van der Waals surface area contributed by atoms with Gasteiger partial charge in [0, 0.05) is 17.2 Å². The lowest BCUT2D eigenvalue weighted by Gasteiger charge is -2.07. The SMILES string of the molecule is C=C(Cc1nc(-c2ccc(Oc3ccc(C(F)(F)F)nn3)cc2)no1)C(=O)O. The number of benzene rings is 1. The van der Waals surface area contributed by atoms with Crippen molar-refractivity contribution < 1.29 is 32.3 Å². The third kappa shape index (κ3) is 4.50. The summed E-state index contributed by atoms with van der Waals surface area (Å²) in [5.41, 5.74) is -0.646. The van der Waals surface area contributed by atoms with Crippen molar-refractivity contribution in [2.24, 2.45) is 0 Å². The van der Waals surface area contributed by atoms with Crippen LogP contribution >= 0.6 is 0 Å². The van der Waals surface area contributed by atoms with Crippen LogP contribution in [0.4, 0.5) is 13.2 Å². The minimum Gasteiger partial charge on any atom is -0.478 e. The van der Waals surface area contributed by atoms with Gasteiger partial charge in [-0.15, -0.1) is 10.2 Å². The summed E-state index contributed by atoms with van der Waals surface area (Å²) in [6.45, 7) is 3.38. The van der Waals surface area contributed by atoms with Crippen LogP contribution in [0.2, 0.25) is 0 Å². The first-order chi connectivity index (χ1) is 13.2. The number of ether oxygens (including phenoxy) is 1. The molecule has 0 aliphatic heterocycles. The molecule has 0 saturated heterocycles. The first-order valence-corrected chi connectivity index (χ1v) is 7.65. The number of hydrogen-bond acceptors (Lipinski definition) is 7. The Balaban J connectivity index is 1.68. The summed E-state index contributed by atoms with van der Waals surface area (Å²) in [4.78, 5) is 14.8. The van der Waals surface area contributed by atoms with Crippen LogP contribution in [0.5, 0.6) is 11.6 Å². The molecule has 3 aromatic rings. The predicted molar refractivity (Wildman–Crippen MR) is 87.3 cm³/mol. The van der Waals surface area contributed by atoms with E-state index in [1.165, 1.54) is 12.1 Å². The highest BCUT2D eigenvalue weighted by Gasteiger charge is 2.33. The number of hydrogen-bond donors (Lipinski definition) is 1. The van der Waals surface area contributed by atoms with E-state index in [0.717, 1.165) is 12.1 Å². The number of carboxylic acid groups (broad SMARTS) is 1. The average Bonchev–Trinajstić information content (AvgIpc) is 3.10. The Bertz CT molecular complexity index is 998. The summed E-state index contributed by atoms with van der Waals surface area (Å²) in [5.74, 6) is -0.625. The Hall–Kier alpha value is -3.76. The molecule has 0 unspecified atom stereocenters. The summed E-state index contributed by atoms with van der Waals surface area (Å²) in [6, 6.07) is 8.07. The zero-order chi connectivity index (χ0) is 20.3. The molecular weight excluding hydrogens is 381 g/mol. The van der Waals surface area contributed by atoms with Crippen molar-refractivity contribution in [2.45, 2.75) is 12.6 Å². The lowest BCUT2D eigenvalue weighted by Crippen LogP contribution is -2.08. The number of rotatable bonds is 6. The quantitative estimate of drug-likeness (QED) is 0.635. The highest BCUT2D eigenvalue weighted by atomic mass is 19.4. The number of aromatic nitrogens is 4. The molecule has 0 saturated carbocycles. The van der Waals surface area contributed by atoms with Gasteiger partial charge in [-0.25, -0.2) is 4.79 Å². The van der Waals surface area contributed by atoms with Crippen molar-refractivity contribution in [1.29, 1.82) is 0 Å². The van der Waals surface area contributed by atoms with E-state index < -0.39 is 17.8 Å². The van der Waals surface area contributed by atoms with Crippen molar-refractivity contribution in [3.63, 3.8) is 0 Å². The largest absolute Gasteiger partial charge is 0.478 e. The van der Waals surface area contributed by atoms with Gasteiger partial charge in [0.05, 0.1) is 6.42 Å². The maximum absolute atomic E-state index is 12.5. The Morgan fingerprint density at radius 3 is 2.43 bits per heavy atom. The number of aliphatic carboxylic acids is 1. The van der Waals surface area contributed by atoms with E-state index in [1.807, 2.05) is 0 Å². The molecule has 0 fully saturated rings. The van der Waals surface area contributed by atoms with Gasteiger partial charge >= 0.3 is 12.1 Å². The van der Waals surface area contributed by atoms with E-state index in [1.54, 1.807) is 12.1 Å². The van der Waals surface area contributed by atoms with Gasteiger partial charge in [-0.1, -0.05) is 11.7 Å². The molecule has 1 aromatic carbocycles. The molecule has 0 aliphatic carbocycles. The lowest BCUT2D eigenvalue weighted by molar-refractivity contribution is -0.141. The maximum Gasteiger partial charge on any atom is 0.435 e. The first kappa shape index (κ1) is 19.0. The molecule has 0 spiro atoms. The maximum atomic E-state index is 12.5. The third-order valence-electron chi connectivity index (χ3n) is 3.40. The number of carboxylic acids is 1. The van der Waals surface area contributed by atoms with E-state index in [4.69, 9.17) is 14.4 Å². The van der Waals surface area contributed by atoms with Crippen LogP contribution in [-0.4, -0.2) is 31.4 Å². The highest BCUT2D eigenvalue weighted by Crippen LogP contribution is 2.28. The monoisotopic (exact) mass is 392 g/mol. The predicted octanol–water partition coefficient (Wildman–Crippen LogP) is 3.52. The van der Waals surface area contributed by atoms with Gasteiger partial charge in [-0.2, -0.15) is 18.2 Å². The van der Waals surface area contributed by atoms with Crippen LogP contribution in [-0.2, 0) is 17.4 Å². The van der Waals surface area contributed by atoms with Crippen molar-refractivity contribution in [3.05, 3.63) is 60.1 Å². The molecule has 0 amide bonds. The van der Waals surface area contributed by atoms with E-state index in [0.29, 0.717) is 11.3 Å². The second-order valence-corrected chi connectivity index (χ2v) is 5.48. The minimum absolute atomic E-state index is 0.0865. The zero-order valence-electron chi connectivity index (χ0n) is 14.0. The van der Waals surface area contributed by atoms with Gasteiger partial charge < -0.3 is 14.4 Å². The summed E-state index contributed by atoms with van der Waals surface area (Å²) in [6.07, 6.45) is -4.66. The van der Waals surface area contributed by atoms with Gasteiger partial charge in [0.25, 0.3) is 0 Å². The van der Waals surface area contributed by atoms with E-state index in [2.05, 4.69) is 26.9 Å². The number of carbonyl (C=O) groups is 1. The number of nitrogens with zero attached hydrogens (tertiary/aromatic N) is 4. The molecule has 0 bridgehead atoms. The minimum atomic E-state index is -4.58. The topological polar surface area (TPSA) is 111 Å². The van der Waals surface area contributed by atoms with Gasteiger partial charge in [-0.3, -0.25) is 0 Å². The van der Waals surface area contributed by atoms with Crippen LogP contribution in [0.25, 0.3) is 11.4 Å². The van der Waals surface area contributed by atoms with Gasteiger partial charge in [0.1, 0.15) is 5.75 Å². The Morgan fingerprint density at radius 1 is 1.14 bits per heavy atom. The number of halogens is 3. The van der Waals surface area contributed by atoms with Crippen molar-refractivity contribution in [2.75, 3.05) is 0 Å². The van der Waals surface area contributed by atoms with Crippen molar-refractivity contribution in [1.82, 2.24) is 20.3 Å². The fourth-order valence-electron chi connectivity index (χ4n) is 2.02. The molecule has 2 heterocycles. The summed E-state index contributed by atoms with van der Waals surface area (Å²) >= 11 is 0. The first-order valence-electron chi connectivity index (χ1n) is 7.65. The third-order valence-corrected chi connectivity index (χ3v) is 3.40. The summed E-state index contributed by atoms with van der Waals surface area (Å²) in [5, 5.41) is 19.0. The Morgan fingerprint density at radius 2 is 1.86 bits per heavy atom. The molecule has 2 aromatic heterocycles. The van der Waals surface area contributed by atoms with Gasteiger partial charge in [-0.05, 0) is 30.3 Å². The van der Waals surface area contributed by atoms with Crippen molar-refractivity contribution >= 4 is 5.97 Å². The molecule has 28 heavy (non-hydrogen) atoms. The molecule has 144 valence electrons. The molecule has 8 nitrogen and oxygen atoms in total. The van der Waals surface area contributed by atoms with E-state index >= 15 is 0 Å². The van der Waals surface area contributed by atoms with E-state index in [9.17, 15) is 18.0 Å². The Labute approximate surface area is 155 Å². The second-order valence-electron chi connectivity index (χ2n) is 5.48. The van der Waals surface area contributed by atoms with Gasteiger partial charge in [0.15, 0.2) is 5.69 Å². The van der Waals surface area contributed by atoms with E-state index in [-0.39, 0.29) is 29.6 Å². The Kier molecular flexibility index (Phi) is 5.07. The number of alkyl halides is 3. The molecule has 11 heteroatoms. The molecule has 0 radical (unpaired) electrons. The normalized spacial score (nSPS) is 11.2. The average molecular weight is 392 g/mol. The second kappa shape index (κ2) is 7.47. The molecule has 0 aliphatic rings. The highest BCUT2D eigenvalue weighted by molar-refractivity contribution is 5.86. The molecule has 3 rings (SSSR count). The van der Waals surface area contributed by atoms with Crippen LogP contribution in [0.15, 0.2) is 53.1 Å². The van der Waals surface area contributed by atoms with Crippen LogP contribution in [0.3, 0.4) is 0 Å². The molecular formula is C17H11F3N4O4.